The molecule has 6 nitrogen and oxygen atoms in total. The minimum absolute atomic E-state index is 0.0422. The van der Waals surface area contributed by atoms with Crippen molar-refractivity contribution in [3.63, 3.8) is 0 Å². The van der Waals surface area contributed by atoms with Crippen LogP contribution in [0.15, 0.2) is 77.2 Å². The first-order chi connectivity index (χ1) is 14.3. The molecule has 30 heavy (non-hydrogen) atoms. The minimum Gasteiger partial charge on any atom is -0.416 e. The van der Waals surface area contributed by atoms with Gasteiger partial charge in [-0.25, -0.2) is 0 Å². The molecular formula is C21H12F3N3O3. The molecule has 0 unspecified atom stereocenters. The highest BCUT2D eigenvalue weighted by Gasteiger charge is 2.34. The number of nitrogens with zero attached hydrogens (tertiary/aromatic N) is 3. The number of nitro benzene ring substituents is 1. The van der Waals surface area contributed by atoms with Gasteiger partial charge in [0.1, 0.15) is 0 Å². The van der Waals surface area contributed by atoms with Crippen LogP contribution in [-0.2, 0) is 6.18 Å². The summed E-state index contributed by atoms with van der Waals surface area (Å²) >= 11 is 0. The molecule has 0 spiro atoms. The van der Waals surface area contributed by atoms with Gasteiger partial charge in [-0.3, -0.25) is 10.1 Å². The van der Waals surface area contributed by atoms with Crippen LogP contribution < -0.4 is 0 Å². The van der Waals surface area contributed by atoms with Crippen molar-refractivity contribution in [1.82, 2.24) is 10.2 Å². The molecule has 0 bridgehead atoms. The Hall–Kier alpha value is -4.01. The van der Waals surface area contributed by atoms with Crippen LogP contribution in [-0.4, -0.2) is 15.1 Å². The Balaban J connectivity index is 1.72. The van der Waals surface area contributed by atoms with Crippen LogP contribution >= 0.6 is 0 Å². The van der Waals surface area contributed by atoms with E-state index in [-0.39, 0.29) is 28.6 Å². The van der Waals surface area contributed by atoms with E-state index in [2.05, 4.69) is 10.2 Å². The maximum absolute atomic E-state index is 13.7. The summed E-state index contributed by atoms with van der Waals surface area (Å²) in [6.45, 7) is 0. The van der Waals surface area contributed by atoms with E-state index in [9.17, 15) is 23.3 Å². The first-order valence-corrected chi connectivity index (χ1v) is 8.68. The number of hydrogen-bond donors (Lipinski definition) is 0. The van der Waals surface area contributed by atoms with E-state index in [1.54, 1.807) is 30.3 Å². The monoisotopic (exact) mass is 411 g/mol. The number of halogens is 3. The fourth-order valence-electron chi connectivity index (χ4n) is 2.96. The largest absolute Gasteiger partial charge is 0.417 e. The zero-order valence-electron chi connectivity index (χ0n) is 15.1. The van der Waals surface area contributed by atoms with Gasteiger partial charge in [-0.1, -0.05) is 36.4 Å². The fraction of sp³-hybridized carbons (Fsp3) is 0.0476. The number of aromatic nitrogens is 2. The van der Waals surface area contributed by atoms with Crippen molar-refractivity contribution in [2.45, 2.75) is 6.18 Å². The Morgan fingerprint density at radius 3 is 2.00 bits per heavy atom. The molecule has 0 aliphatic rings. The van der Waals surface area contributed by atoms with Gasteiger partial charge in [0.15, 0.2) is 0 Å². The SMILES string of the molecule is O=[N+]([O-])c1ccc(-c2nnc(-c3ccc(-c4ccccc4)c(C(F)(F)F)c3)o2)cc1. The zero-order chi connectivity index (χ0) is 21.3. The lowest BCUT2D eigenvalue weighted by molar-refractivity contribution is -0.384. The predicted octanol–water partition coefficient (Wildman–Crippen LogP) is 6.00. The van der Waals surface area contributed by atoms with Gasteiger partial charge in [0, 0.05) is 23.3 Å². The van der Waals surface area contributed by atoms with Crippen molar-refractivity contribution in [3.05, 3.63) is 88.5 Å². The predicted molar refractivity (Wildman–Crippen MR) is 102 cm³/mol. The van der Waals surface area contributed by atoms with Crippen molar-refractivity contribution < 1.29 is 22.5 Å². The lowest BCUT2D eigenvalue weighted by Crippen LogP contribution is -2.07. The highest BCUT2D eigenvalue weighted by Crippen LogP contribution is 2.39. The quantitative estimate of drug-likeness (QED) is 0.304. The van der Waals surface area contributed by atoms with Crippen LogP contribution in [0.1, 0.15) is 5.56 Å². The topological polar surface area (TPSA) is 82.1 Å². The molecule has 0 N–H and O–H groups in total. The molecule has 0 aliphatic carbocycles. The standard InChI is InChI=1S/C21H12F3N3O3/c22-21(23,24)18-12-15(8-11-17(18)13-4-2-1-3-5-13)20-26-25-19(30-20)14-6-9-16(10-7-14)27(28)29/h1-12H. The second kappa shape index (κ2) is 7.43. The average molecular weight is 411 g/mol. The van der Waals surface area contributed by atoms with Gasteiger partial charge in [0.05, 0.1) is 10.5 Å². The van der Waals surface area contributed by atoms with Crippen LogP contribution in [0.3, 0.4) is 0 Å². The fourth-order valence-corrected chi connectivity index (χ4v) is 2.96. The Labute approximate surface area is 167 Å². The summed E-state index contributed by atoms with van der Waals surface area (Å²) in [5, 5.41) is 18.4. The van der Waals surface area contributed by atoms with Gasteiger partial charge in [0.25, 0.3) is 5.69 Å². The van der Waals surface area contributed by atoms with Gasteiger partial charge >= 0.3 is 6.18 Å². The molecule has 0 atom stereocenters. The van der Waals surface area contributed by atoms with E-state index >= 15 is 0 Å². The van der Waals surface area contributed by atoms with Crippen molar-refractivity contribution in [2.75, 3.05) is 0 Å². The molecule has 1 aromatic heterocycles. The smallest absolute Gasteiger partial charge is 0.416 e. The molecule has 0 amide bonds. The highest BCUT2D eigenvalue weighted by molar-refractivity contribution is 5.72. The summed E-state index contributed by atoms with van der Waals surface area (Å²) in [4.78, 5) is 10.2. The molecule has 4 rings (SSSR count). The first kappa shape index (κ1) is 19.3. The van der Waals surface area contributed by atoms with Crippen molar-refractivity contribution in [2.24, 2.45) is 0 Å². The second-order valence-electron chi connectivity index (χ2n) is 6.34. The lowest BCUT2D eigenvalue weighted by atomic mass is 9.97. The molecule has 0 saturated heterocycles. The van der Waals surface area contributed by atoms with Crippen molar-refractivity contribution in [3.8, 4) is 34.0 Å². The van der Waals surface area contributed by atoms with Gasteiger partial charge in [-0.2, -0.15) is 13.2 Å². The number of non-ortho nitro benzene ring substituents is 1. The Morgan fingerprint density at radius 2 is 1.40 bits per heavy atom. The van der Waals surface area contributed by atoms with Crippen LogP contribution in [0.5, 0.6) is 0 Å². The van der Waals surface area contributed by atoms with Gasteiger partial charge in [0.2, 0.25) is 11.8 Å². The number of hydrogen-bond acceptors (Lipinski definition) is 5. The molecule has 0 fully saturated rings. The van der Waals surface area contributed by atoms with Crippen molar-refractivity contribution in [1.29, 1.82) is 0 Å². The summed E-state index contributed by atoms with van der Waals surface area (Å²) < 4.78 is 46.6. The van der Waals surface area contributed by atoms with Gasteiger partial charge in [-0.15, -0.1) is 10.2 Å². The zero-order valence-corrected chi connectivity index (χ0v) is 15.1. The number of rotatable bonds is 4. The molecular weight excluding hydrogens is 399 g/mol. The maximum Gasteiger partial charge on any atom is 0.417 e. The Bertz CT molecular complexity index is 1200. The third-order valence-corrected chi connectivity index (χ3v) is 4.41. The maximum atomic E-state index is 13.7. The molecule has 0 saturated carbocycles. The molecule has 0 aliphatic heterocycles. The van der Waals surface area contributed by atoms with Crippen LogP contribution in [0.2, 0.25) is 0 Å². The molecule has 0 radical (unpaired) electrons. The highest BCUT2D eigenvalue weighted by atomic mass is 19.4. The third kappa shape index (κ3) is 3.77. The molecule has 150 valence electrons. The number of alkyl halides is 3. The Kier molecular flexibility index (Phi) is 4.78. The van der Waals surface area contributed by atoms with Crippen LogP contribution in [0, 0.1) is 10.1 Å². The third-order valence-electron chi connectivity index (χ3n) is 4.41. The molecule has 4 aromatic rings. The van der Waals surface area contributed by atoms with E-state index in [0.29, 0.717) is 11.1 Å². The molecule has 3 aromatic carbocycles. The van der Waals surface area contributed by atoms with E-state index in [1.165, 1.54) is 36.4 Å². The van der Waals surface area contributed by atoms with Crippen molar-refractivity contribution >= 4 is 5.69 Å². The minimum atomic E-state index is -4.58. The van der Waals surface area contributed by atoms with Crippen LogP contribution in [0.25, 0.3) is 34.0 Å². The summed E-state index contributed by atoms with van der Waals surface area (Å²) in [7, 11) is 0. The average Bonchev–Trinajstić information content (AvgIpc) is 3.24. The van der Waals surface area contributed by atoms with E-state index < -0.39 is 16.7 Å². The number of benzene rings is 3. The van der Waals surface area contributed by atoms with E-state index in [1.807, 2.05) is 0 Å². The summed E-state index contributed by atoms with van der Waals surface area (Å²) in [6, 6.07) is 17.5. The van der Waals surface area contributed by atoms with Gasteiger partial charge < -0.3 is 4.42 Å². The normalized spacial score (nSPS) is 11.4. The second-order valence-corrected chi connectivity index (χ2v) is 6.34. The van der Waals surface area contributed by atoms with E-state index in [0.717, 1.165) is 6.07 Å². The lowest BCUT2D eigenvalue weighted by Gasteiger charge is -2.14. The van der Waals surface area contributed by atoms with E-state index in [4.69, 9.17) is 4.42 Å². The summed E-state index contributed by atoms with van der Waals surface area (Å²) in [6.07, 6.45) is -4.58. The summed E-state index contributed by atoms with van der Waals surface area (Å²) in [5.41, 5.74) is 0.0838. The first-order valence-electron chi connectivity index (χ1n) is 8.68. The Morgan fingerprint density at radius 1 is 0.800 bits per heavy atom. The molecule has 1 heterocycles. The number of nitro groups is 1. The summed E-state index contributed by atoms with van der Waals surface area (Å²) in [5.74, 6) is -0.0472. The molecule has 9 heteroatoms. The van der Waals surface area contributed by atoms with Crippen LogP contribution in [0.4, 0.5) is 18.9 Å². The van der Waals surface area contributed by atoms with Gasteiger partial charge in [-0.05, 0) is 35.4 Å².